The number of alkyl halides is 6. The molecule has 11 heteroatoms. The quantitative estimate of drug-likeness (QED) is 0.255. The summed E-state index contributed by atoms with van der Waals surface area (Å²) in [5, 5.41) is 0.272. The van der Waals surface area contributed by atoms with Gasteiger partial charge in [0.2, 0.25) is 0 Å². The molecule has 1 aliphatic carbocycles. The number of nitrogens with zero attached hydrogens (tertiary/aromatic N) is 2. The van der Waals surface area contributed by atoms with Gasteiger partial charge in [-0.2, -0.15) is 26.3 Å². The van der Waals surface area contributed by atoms with Gasteiger partial charge in [0.25, 0.3) is 0 Å². The van der Waals surface area contributed by atoms with E-state index in [0.29, 0.717) is 30.5 Å². The second-order valence-corrected chi connectivity index (χ2v) is 12.0. The van der Waals surface area contributed by atoms with Crippen LogP contribution in [0.15, 0.2) is 24.4 Å². The Bertz CT molecular complexity index is 1230. The van der Waals surface area contributed by atoms with Gasteiger partial charge in [0.1, 0.15) is 11.3 Å². The van der Waals surface area contributed by atoms with Gasteiger partial charge in [-0.15, -0.1) is 0 Å². The van der Waals surface area contributed by atoms with E-state index in [2.05, 4.69) is 9.88 Å². The molecule has 2 bridgehead atoms. The van der Waals surface area contributed by atoms with Gasteiger partial charge in [-0.1, -0.05) is 12.5 Å². The van der Waals surface area contributed by atoms with Crippen molar-refractivity contribution in [2.75, 3.05) is 0 Å². The Morgan fingerprint density at radius 1 is 1.00 bits per heavy atom. The zero-order valence-corrected chi connectivity index (χ0v) is 23.2. The second kappa shape index (κ2) is 11.6. The molecule has 2 aromatic rings. The van der Waals surface area contributed by atoms with Crippen molar-refractivity contribution in [2.24, 2.45) is 11.8 Å². The van der Waals surface area contributed by atoms with E-state index in [1.807, 2.05) is 13.8 Å². The molecule has 2 atom stereocenters. The van der Waals surface area contributed by atoms with Crippen molar-refractivity contribution < 1.29 is 40.6 Å². The van der Waals surface area contributed by atoms with E-state index in [4.69, 9.17) is 9.47 Å². The molecule has 1 saturated carbocycles. The van der Waals surface area contributed by atoms with Gasteiger partial charge in [0, 0.05) is 30.2 Å². The molecule has 1 aromatic carbocycles. The summed E-state index contributed by atoms with van der Waals surface area (Å²) in [7, 11) is 0. The van der Waals surface area contributed by atoms with Crippen LogP contribution in [-0.4, -0.2) is 46.3 Å². The van der Waals surface area contributed by atoms with Crippen LogP contribution in [0.1, 0.15) is 82.9 Å². The minimum Gasteiger partial charge on any atom is -0.490 e. The summed E-state index contributed by atoms with van der Waals surface area (Å²) in [6.45, 7) is 4.14. The number of carbonyl (C=O) groups is 1. The lowest BCUT2D eigenvalue weighted by molar-refractivity contribution is -0.185. The van der Waals surface area contributed by atoms with Crippen molar-refractivity contribution in [1.82, 2.24) is 9.88 Å². The molecule has 5 nitrogen and oxygen atoms in total. The summed E-state index contributed by atoms with van der Waals surface area (Å²) in [5.41, 5.74) is -0.307. The zero-order valence-electron chi connectivity index (χ0n) is 23.2. The van der Waals surface area contributed by atoms with Crippen LogP contribution in [0, 0.1) is 11.8 Å². The molecule has 2 saturated heterocycles. The van der Waals surface area contributed by atoms with Crippen LogP contribution in [-0.2, 0) is 22.3 Å². The number of ether oxygens (including phenoxy) is 2. The Balaban J connectivity index is 1.33. The van der Waals surface area contributed by atoms with E-state index in [1.165, 1.54) is 12.3 Å². The molecule has 2 aliphatic heterocycles. The highest BCUT2D eigenvalue weighted by molar-refractivity contribution is 5.88. The average Bonchev–Trinajstić information content (AvgIpc) is 2.87. The zero-order chi connectivity index (χ0) is 29.5. The van der Waals surface area contributed by atoms with Crippen LogP contribution in [0.5, 0.6) is 5.75 Å². The second-order valence-electron chi connectivity index (χ2n) is 12.0. The lowest BCUT2D eigenvalue weighted by Crippen LogP contribution is -2.53. The van der Waals surface area contributed by atoms with Gasteiger partial charge in [0.15, 0.2) is 0 Å². The fraction of sp³-hybridized carbons (Fsp3) is 0.667. The Morgan fingerprint density at radius 3 is 2.24 bits per heavy atom. The van der Waals surface area contributed by atoms with Gasteiger partial charge >= 0.3 is 18.3 Å². The molecule has 0 N–H and O–H groups in total. The highest BCUT2D eigenvalue weighted by Crippen LogP contribution is 2.44. The number of pyridine rings is 1. The summed E-state index contributed by atoms with van der Waals surface area (Å²) in [6, 6.07) is 4.85. The average molecular weight is 587 g/mol. The summed E-state index contributed by atoms with van der Waals surface area (Å²) in [4.78, 5) is 19.3. The van der Waals surface area contributed by atoms with Gasteiger partial charge in [-0.3, -0.25) is 14.7 Å². The molecule has 3 heterocycles. The first kappa shape index (κ1) is 29.9. The minimum absolute atomic E-state index is 0.0465. The van der Waals surface area contributed by atoms with Crippen molar-refractivity contribution in [3.05, 3.63) is 35.7 Å². The van der Waals surface area contributed by atoms with Gasteiger partial charge in [0.05, 0.1) is 29.7 Å². The van der Waals surface area contributed by atoms with Gasteiger partial charge in [-0.25, -0.2) is 0 Å². The summed E-state index contributed by atoms with van der Waals surface area (Å²) in [6.07, 6.45) is -4.57. The third-order valence-electron chi connectivity index (χ3n) is 8.79. The standard InChI is InChI=1S/C30H36F6N2O3/c1-17(2)40-28(39)19-13-22-4-3-5-23(14-19)38(22)16-21-12-18-6-11-26(27(30(34,35)36)25(18)15-37-21)41-24-9-7-20(8-10-24)29(31,32)33/h6,11-12,15,17,19-20,22-24H,3-5,7-10,13-14,16H2,1-2H3/t19?,20-,22?,23?,24+. The number of hydrogen-bond acceptors (Lipinski definition) is 5. The third kappa shape index (κ3) is 6.75. The number of esters is 1. The van der Waals surface area contributed by atoms with Crippen LogP contribution in [0.4, 0.5) is 26.3 Å². The molecule has 1 aromatic heterocycles. The van der Waals surface area contributed by atoms with E-state index in [9.17, 15) is 31.1 Å². The molecule has 3 fully saturated rings. The summed E-state index contributed by atoms with van der Waals surface area (Å²) < 4.78 is 92.9. The van der Waals surface area contributed by atoms with E-state index < -0.39 is 29.9 Å². The Labute approximate surface area is 235 Å². The number of benzene rings is 1. The van der Waals surface area contributed by atoms with Crippen LogP contribution in [0.3, 0.4) is 0 Å². The molecule has 41 heavy (non-hydrogen) atoms. The molecule has 2 unspecified atom stereocenters. The molecule has 0 amide bonds. The van der Waals surface area contributed by atoms with E-state index in [-0.39, 0.29) is 66.9 Å². The topological polar surface area (TPSA) is 51.7 Å². The fourth-order valence-electron chi connectivity index (χ4n) is 6.85. The van der Waals surface area contributed by atoms with Crippen LogP contribution < -0.4 is 4.74 Å². The molecular weight excluding hydrogens is 550 g/mol. The summed E-state index contributed by atoms with van der Waals surface area (Å²) in [5.74, 6) is -2.13. The van der Waals surface area contributed by atoms with Crippen molar-refractivity contribution >= 4 is 16.7 Å². The third-order valence-corrected chi connectivity index (χ3v) is 8.79. The number of carbonyl (C=O) groups excluding carboxylic acids is 1. The lowest BCUT2D eigenvalue weighted by atomic mass is 9.78. The predicted octanol–water partition coefficient (Wildman–Crippen LogP) is 7.84. The number of aromatic nitrogens is 1. The molecule has 0 radical (unpaired) electrons. The number of hydrogen-bond donors (Lipinski definition) is 0. The van der Waals surface area contributed by atoms with E-state index in [0.717, 1.165) is 19.3 Å². The smallest absolute Gasteiger partial charge is 0.420 e. The predicted molar refractivity (Wildman–Crippen MR) is 140 cm³/mol. The number of rotatable bonds is 6. The maximum atomic E-state index is 14.3. The first-order valence-corrected chi connectivity index (χ1v) is 14.5. The number of fused-ring (bicyclic) bond motifs is 3. The SMILES string of the molecule is CC(C)OC(=O)C1CC2CCCC(C1)N2Cc1cc2ccc(O[C@H]3CC[C@@H](C(F)(F)F)CC3)c(C(F)(F)F)c2cn1. The van der Waals surface area contributed by atoms with E-state index >= 15 is 0 Å². The maximum Gasteiger partial charge on any atom is 0.420 e. The molecular formula is C30H36F6N2O3. The molecule has 0 spiro atoms. The Kier molecular flexibility index (Phi) is 8.47. The van der Waals surface area contributed by atoms with Crippen LogP contribution in [0.25, 0.3) is 10.8 Å². The fourth-order valence-corrected chi connectivity index (χ4v) is 6.85. The molecule has 226 valence electrons. The monoisotopic (exact) mass is 586 g/mol. The lowest BCUT2D eigenvalue weighted by Gasteiger charge is -2.48. The maximum absolute atomic E-state index is 14.3. The highest BCUT2D eigenvalue weighted by atomic mass is 19.4. The van der Waals surface area contributed by atoms with Crippen LogP contribution in [0.2, 0.25) is 0 Å². The first-order chi connectivity index (χ1) is 19.3. The van der Waals surface area contributed by atoms with Crippen molar-refractivity contribution in [3.63, 3.8) is 0 Å². The van der Waals surface area contributed by atoms with Crippen molar-refractivity contribution in [2.45, 2.75) is 115 Å². The van der Waals surface area contributed by atoms with Crippen LogP contribution >= 0.6 is 0 Å². The molecule has 5 rings (SSSR count). The largest absolute Gasteiger partial charge is 0.490 e. The van der Waals surface area contributed by atoms with Crippen molar-refractivity contribution in [3.8, 4) is 5.75 Å². The number of halogens is 6. The van der Waals surface area contributed by atoms with Gasteiger partial charge < -0.3 is 9.47 Å². The first-order valence-electron chi connectivity index (χ1n) is 14.5. The van der Waals surface area contributed by atoms with Gasteiger partial charge in [-0.05, 0) is 82.7 Å². The van der Waals surface area contributed by atoms with Crippen molar-refractivity contribution in [1.29, 1.82) is 0 Å². The number of piperidine rings is 2. The molecule has 3 aliphatic rings. The normalized spacial score (nSPS) is 27.7. The Hall–Kier alpha value is -2.56. The minimum atomic E-state index is -4.73. The van der Waals surface area contributed by atoms with E-state index in [1.54, 1.807) is 12.1 Å². The highest BCUT2D eigenvalue weighted by Gasteiger charge is 2.44. The summed E-state index contributed by atoms with van der Waals surface area (Å²) >= 11 is 0. The Morgan fingerprint density at radius 2 is 1.66 bits per heavy atom.